The molecule has 0 amide bonds. The minimum absolute atomic E-state index is 0.0287. The Morgan fingerprint density at radius 1 is 1.33 bits per heavy atom. The Labute approximate surface area is 104 Å². The fourth-order valence-electron chi connectivity index (χ4n) is 1.68. The van der Waals surface area contributed by atoms with Gasteiger partial charge in [-0.1, -0.05) is 0 Å². The van der Waals surface area contributed by atoms with Gasteiger partial charge >= 0.3 is 6.18 Å². The zero-order valence-corrected chi connectivity index (χ0v) is 10.3. The van der Waals surface area contributed by atoms with Crippen LogP contribution >= 0.6 is 0 Å². The average molecular weight is 260 g/mol. The quantitative estimate of drug-likeness (QED) is 0.808. The van der Waals surface area contributed by atoms with Crippen LogP contribution in [0.15, 0.2) is 18.2 Å². The lowest BCUT2D eigenvalue weighted by atomic mass is 10.0. The number of rotatable bonds is 5. The lowest BCUT2D eigenvalue weighted by Gasteiger charge is -2.12. The van der Waals surface area contributed by atoms with Crippen LogP contribution in [0.2, 0.25) is 0 Å². The normalized spacial score (nSPS) is 11.4. The van der Waals surface area contributed by atoms with E-state index < -0.39 is 11.7 Å². The summed E-state index contributed by atoms with van der Waals surface area (Å²) in [4.78, 5) is 10.8. The summed E-state index contributed by atoms with van der Waals surface area (Å²) in [5, 5.41) is 0. The maximum atomic E-state index is 12.6. The maximum Gasteiger partial charge on any atom is 0.416 e. The van der Waals surface area contributed by atoms with Crippen molar-refractivity contribution in [1.82, 2.24) is 0 Å². The molecular weight excluding hydrogens is 245 g/mol. The predicted octanol–water partition coefficient (Wildman–Crippen LogP) is 3.63. The Kier molecular flexibility index (Phi) is 4.76. The van der Waals surface area contributed by atoms with Gasteiger partial charge < -0.3 is 9.53 Å². The van der Waals surface area contributed by atoms with E-state index in [0.717, 1.165) is 12.1 Å². The van der Waals surface area contributed by atoms with Crippen molar-refractivity contribution < 1.29 is 22.7 Å². The Balaban J connectivity index is 2.89. The molecule has 0 heterocycles. The first kappa shape index (κ1) is 14.5. The number of carbonyl (C=O) groups is 1. The minimum atomic E-state index is -4.36. The molecule has 0 N–H and O–H groups in total. The highest BCUT2D eigenvalue weighted by molar-refractivity contribution is 5.75. The van der Waals surface area contributed by atoms with Crippen LogP contribution in [0.5, 0.6) is 5.75 Å². The Morgan fingerprint density at radius 3 is 2.50 bits per heavy atom. The fraction of sp³-hybridized carbons (Fsp3) is 0.462. The molecule has 2 nitrogen and oxygen atoms in total. The highest BCUT2D eigenvalue weighted by Gasteiger charge is 2.31. The van der Waals surface area contributed by atoms with Crippen molar-refractivity contribution in [3.63, 3.8) is 0 Å². The summed E-state index contributed by atoms with van der Waals surface area (Å²) >= 11 is 0. The zero-order chi connectivity index (χ0) is 13.8. The van der Waals surface area contributed by atoms with Crippen molar-refractivity contribution in [3.8, 4) is 5.75 Å². The fourth-order valence-corrected chi connectivity index (χ4v) is 1.68. The molecule has 1 rings (SSSR count). The third-order valence-corrected chi connectivity index (χ3v) is 2.58. The van der Waals surface area contributed by atoms with Gasteiger partial charge in [-0.3, -0.25) is 0 Å². The van der Waals surface area contributed by atoms with Gasteiger partial charge in [0.05, 0.1) is 12.7 Å². The van der Waals surface area contributed by atoms with Gasteiger partial charge in [-0.15, -0.1) is 0 Å². The molecule has 0 bridgehead atoms. The number of ketones is 1. The van der Waals surface area contributed by atoms with Gasteiger partial charge in [0.25, 0.3) is 0 Å². The summed E-state index contributed by atoms with van der Waals surface area (Å²) in [6, 6.07) is 3.39. The van der Waals surface area contributed by atoms with Crippen molar-refractivity contribution in [2.75, 3.05) is 7.11 Å². The number of hydrogen-bond donors (Lipinski definition) is 0. The highest BCUT2D eigenvalue weighted by atomic mass is 19.4. The van der Waals surface area contributed by atoms with Crippen molar-refractivity contribution >= 4 is 5.78 Å². The molecule has 0 atom stereocenters. The first-order valence-electron chi connectivity index (χ1n) is 5.58. The summed E-state index contributed by atoms with van der Waals surface area (Å²) in [7, 11) is 1.41. The van der Waals surface area contributed by atoms with E-state index in [1.165, 1.54) is 20.1 Å². The Bertz CT molecular complexity index is 425. The number of methoxy groups -OCH3 is 1. The number of aryl methyl sites for hydroxylation is 1. The van der Waals surface area contributed by atoms with E-state index in [1.54, 1.807) is 0 Å². The van der Waals surface area contributed by atoms with E-state index in [-0.39, 0.29) is 5.78 Å². The molecule has 0 aliphatic rings. The molecule has 1 aromatic rings. The first-order valence-corrected chi connectivity index (χ1v) is 5.58. The van der Waals surface area contributed by atoms with Crippen LogP contribution in [-0.2, 0) is 17.4 Å². The maximum absolute atomic E-state index is 12.6. The monoisotopic (exact) mass is 260 g/mol. The Morgan fingerprint density at radius 2 is 2.00 bits per heavy atom. The molecule has 0 saturated heterocycles. The number of alkyl halides is 3. The van der Waals surface area contributed by atoms with Gasteiger partial charge in [0, 0.05) is 6.42 Å². The van der Waals surface area contributed by atoms with Gasteiger partial charge in [0.2, 0.25) is 0 Å². The van der Waals surface area contributed by atoms with E-state index in [0.29, 0.717) is 30.6 Å². The second kappa shape index (κ2) is 5.89. The van der Waals surface area contributed by atoms with Gasteiger partial charge in [-0.05, 0) is 43.5 Å². The smallest absolute Gasteiger partial charge is 0.416 e. The molecule has 0 saturated carbocycles. The standard InChI is InChI=1S/C13H15F3O2/c1-9(17)4-3-5-10-8-11(13(14,15)16)6-7-12(10)18-2/h6-8H,3-5H2,1-2H3. The molecule has 0 aromatic heterocycles. The van der Waals surface area contributed by atoms with E-state index >= 15 is 0 Å². The SMILES string of the molecule is COc1ccc(C(F)(F)F)cc1CCCC(C)=O. The van der Waals surface area contributed by atoms with Crippen LogP contribution in [0, 0.1) is 0 Å². The van der Waals surface area contributed by atoms with E-state index in [4.69, 9.17) is 4.74 Å². The molecule has 0 aliphatic carbocycles. The van der Waals surface area contributed by atoms with Crippen molar-refractivity contribution in [2.45, 2.75) is 32.4 Å². The average Bonchev–Trinajstić information content (AvgIpc) is 2.27. The van der Waals surface area contributed by atoms with Gasteiger partial charge in [-0.25, -0.2) is 0 Å². The summed E-state index contributed by atoms with van der Waals surface area (Å²) in [5.41, 5.74) is -0.213. The topological polar surface area (TPSA) is 26.3 Å². The van der Waals surface area contributed by atoms with Crippen LogP contribution in [-0.4, -0.2) is 12.9 Å². The van der Waals surface area contributed by atoms with Gasteiger partial charge in [0.1, 0.15) is 11.5 Å². The second-order valence-electron chi connectivity index (χ2n) is 4.08. The molecule has 5 heteroatoms. The lowest BCUT2D eigenvalue weighted by molar-refractivity contribution is -0.137. The van der Waals surface area contributed by atoms with Gasteiger partial charge in [-0.2, -0.15) is 13.2 Å². The van der Waals surface area contributed by atoms with E-state index in [9.17, 15) is 18.0 Å². The largest absolute Gasteiger partial charge is 0.496 e. The number of hydrogen-bond acceptors (Lipinski definition) is 2. The van der Waals surface area contributed by atoms with E-state index in [2.05, 4.69) is 0 Å². The zero-order valence-electron chi connectivity index (χ0n) is 10.3. The molecule has 1 aromatic carbocycles. The summed E-state index contributed by atoms with van der Waals surface area (Å²) in [6.45, 7) is 1.46. The van der Waals surface area contributed by atoms with E-state index in [1.807, 2.05) is 0 Å². The molecule has 0 unspecified atom stereocenters. The number of halogens is 3. The predicted molar refractivity (Wildman–Crippen MR) is 61.6 cm³/mol. The Hall–Kier alpha value is -1.52. The number of Topliss-reactive ketones (excluding diaryl/α,β-unsaturated/α-hetero) is 1. The number of benzene rings is 1. The van der Waals surface area contributed by atoms with Crippen LogP contribution < -0.4 is 4.74 Å². The second-order valence-corrected chi connectivity index (χ2v) is 4.08. The molecule has 0 fully saturated rings. The van der Waals surface area contributed by atoms with Crippen molar-refractivity contribution in [2.24, 2.45) is 0 Å². The lowest BCUT2D eigenvalue weighted by Crippen LogP contribution is -2.06. The molecule has 18 heavy (non-hydrogen) atoms. The van der Waals surface area contributed by atoms with Crippen LogP contribution in [0.3, 0.4) is 0 Å². The number of carbonyl (C=O) groups excluding carboxylic acids is 1. The summed E-state index contributed by atoms with van der Waals surface area (Å²) in [6.07, 6.45) is -3.08. The third-order valence-electron chi connectivity index (χ3n) is 2.58. The molecule has 0 radical (unpaired) electrons. The third kappa shape index (κ3) is 4.05. The molecule has 0 spiro atoms. The van der Waals surface area contributed by atoms with Crippen molar-refractivity contribution in [1.29, 1.82) is 0 Å². The van der Waals surface area contributed by atoms with Crippen LogP contribution in [0.4, 0.5) is 13.2 Å². The highest BCUT2D eigenvalue weighted by Crippen LogP contribution is 2.33. The van der Waals surface area contributed by atoms with Crippen molar-refractivity contribution in [3.05, 3.63) is 29.3 Å². The summed E-state index contributed by atoms with van der Waals surface area (Å²) < 4.78 is 42.7. The molecular formula is C13H15F3O2. The first-order chi connectivity index (χ1) is 8.34. The minimum Gasteiger partial charge on any atom is -0.496 e. The summed E-state index contributed by atoms with van der Waals surface area (Å²) in [5.74, 6) is 0.451. The number of ether oxygens (including phenoxy) is 1. The molecule has 100 valence electrons. The van der Waals surface area contributed by atoms with Gasteiger partial charge in [0.15, 0.2) is 0 Å². The van der Waals surface area contributed by atoms with Crippen LogP contribution in [0.25, 0.3) is 0 Å². The molecule has 0 aliphatic heterocycles. The van der Waals surface area contributed by atoms with Crippen LogP contribution in [0.1, 0.15) is 30.9 Å².